The average Bonchev–Trinajstić information content (AvgIpc) is 2.16. The third-order valence-electron chi connectivity index (χ3n) is 2.55. The van der Waals surface area contributed by atoms with Crippen LogP contribution in [0, 0.1) is 10.1 Å². The van der Waals surface area contributed by atoms with Gasteiger partial charge < -0.3 is 4.90 Å². The minimum Gasteiger partial charge on any atom is -0.370 e. The minimum absolute atomic E-state index is 0.334. The number of nitrogens with zero attached hydrogens (tertiary/aromatic N) is 2. The van der Waals surface area contributed by atoms with Gasteiger partial charge in [-0.3, -0.25) is 10.1 Å². The van der Waals surface area contributed by atoms with Gasteiger partial charge in [0.1, 0.15) is 0 Å². The van der Waals surface area contributed by atoms with Crippen molar-refractivity contribution in [2.24, 2.45) is 0 Å². The largest absolute Gasteiger partial charge is 0.370 e. The van der Waals surface area contributed by atoms with Gasteiger partial charge in [-0.05, 0) is 25.7 Å². The van der Waals surface area contributed by atoms with Crippen molar-refractivity contribution in [2.75, 3.05) is 13.1 Å². The first-order chi connectivity index (χ1) is 6.74. The van der Waals surface area contributed by atoms with Gasteiger partial charge in [0.25, 0.3) is 6.20 Å². The summed E-state index contributed by atoms with van der Waals surface area (Å²) >= 11 is 0. The Hall–Kier alpha value is -1.06. The van der Waals surface area contributed by atoms with E-state index < -0.39 is 0 Å². The summed E-state index contributed by atoms with van der Waals surface area (Å²) in [5, 5.41) is 10.4. The molecule has 0 aromatic rings. The Morgan fingerprint density at radius 3 is 3.00 bits per heavy atom. The maximum Gasteiger partial charge on any atom is 0.253 e. The van der Waals surface area contributed by atoms with Gasteiger partial charge in [-0.1, -0.05) is 13.3 Å². The van der Waals surface area contributed by atoms with Crippen molar-refractivity contribution in [3.63, 3.8) is 0 Å². The third-order valence-corrected chi connectivity index (χ3v) is 2.55. The van der Waals surface area contributed by atoms with Crippen LogP contribution in [0.25, 0.3) is 0 Å². The number of hydrogen-bond donors (Lipinski definition) is 0. The van der Waals surface area contributed by atoms with E-state index in [4.69, 9.17) is 0 Å². The monoisotopic (exact) mass is 198 g/mol. The zero-order valence-electron chi connectivity index (χ0n) is 8.74. The molecule has 1 rings (SSSR count). The van der Waals surface area contributed by atoms with Crippen LogP contribution in [0.1, 0.15) is 39.0 Å². The lowest BCUT2D eigenvalue weighted by Gasteiger charge is -2.29. The van der Waals surface area contributed by atoms with Crippen LogP contribution in [-0.2, 0) is 0 Å². The van der Waals surface area contributed by atoms with E-state index in [1.54, 1.807) is 0 Å². The van der Waals surface area contributed by atoms with Gasteiger partial charge in [-0.2, -0.15) is 0 Å². The number of allylic oxidation sites excluding steroid dienone is 1. The second kappa shape index (κ2) is 5.62. The van der Waals surface area contributed by atoms with E-state index in [2.05, 4.69) is 11.8 Å². The predicted molar refractivity (Wildman–Crippen MR) is 55.4 cm³/mol. The zero-order valence-corrected chi connectivity index (χ0v) is 8.74. The van der Waals surface area contributed by atoms with Crippen LogP contribution in [0.4, 0.5) is 0 Å². The fraction of sp³-hybridized carbons (Fsp3) is 0.800. The molecule has 0 N–H and O–H groups in total. The smallest absolute Gasteiger partial charge is 0.253 e. The standard InChI is InChI=1S/C10H18N2O2/c1-2-3-7-11-8-5-4-6-10(11)9-12(13)14/h9H,2-8H2,1H3. The minimum atomic E-state index is -0.334. The highest BCUT2D eigenvalue weighted by Crippen LogP contribution is 2.20. The van der Waals surface area contributed by atoms with Crippen LogP contribution in [0.15, 0.2) is 11.9 Å². The quantitative estimate of drug-likeness (QED) is 0.514. The number of rotatable bonds is 4. The van der Waals surface area contributed by atoms with E-state index in [0.29, 0.717) is 0 Å². The fourth-order valence-corrected chi connectivity index (χ4v) is 1.78. The first kappa shape index (κ1) is 11.0. The second-order valence-electron chi connectivity index (χ2n) is 3.70. The van der Waals surface area contributed by atoms with E-state index in [0.717, 1.165) is 44.5 Å². The van der Waals surface area contributed by atoms with Crippen molar-refractivity contribution in [3.05, 3.63) is 22.0 Å². The molecule has 0 aliphatic carbocycles. The summed E-state index contributed by atoms with van der Waals surface area (Å²) in [6.45, 7) is 4.09. The highest BCUT2D eigenvalue weighted by molar-refractivity contribution is 4.99. The molecule has 1 saturated heterocycles. The Labute approximate surface area is 84.7 Å². The highest BCUT2D eigenvalue weighted by atomic mass is 16.6. The lowest BCUT2D eigenvalue weighted by atomic mass is 10.1. The molecule has 1 aliphatic heterocycles. The molecule has 0 aromatic heterocycles. The number of hydrogen-bond acceptors (Lipinski definition) is 3. The topological polar surface area (TPSA) is 46.4 Å². The lowest BCUT2D eigenvalue weighted by Crippen LogP contribution is -2.29. The summed E-state index contributed by atoms with van der Waals surface area (Å²) in [4.78, 5) is 12.2. The SMILES string of the molecule is CCCCN1CCCCC1=C[N+](=O)[O-]. The molecule has 4 heteroatoms. The molecule has 0 bridgehead atoms. The van der Waals surface area contributed by atoms with Gasteiger partial charge >= 0.3 is 0 Å². The van der Waals surface area contributed by atoms with E-state index in [9.17, 15) is 10.1 Å². The van der Waals surface area contributed by atoms with Gasteiger partial charge in [0.2, 0.25) is 0 Å². The molecule has 0 amide bonds. The lowest BCUT2D eigenvalue weighted by molar-refractivity contribution is -0.404. The Bertz CT molecular complexity index is 226. The Balaban J connectivity index is 2.54. The van der Waals surface area contributed by atoms with Gasteiger partial charge in [0.15, 0.2) is 0 Å². The molecule has 1 heterocycles. The van der Waals surface area contributed by atoms with E-state index in [1.165, 1.54) is 12.6 Å². The predicted octanol–water partition coefficient (Wildman–Crippen LogP) is 2.39. The van der Waals surface area contributed by atoms with Crippen molar-refractivity contribution < 1.29 is 4.92 Å². The first-order valence-electron chi connectivity index (χ1n) is 5.33. The number of nitro groups is 1. The summed E-state index contributed by atoms with van der Waals surface area (Å²) in [7, 11) is 0. The molecular formula is C10H18N2O2. The van der Waals surface area contributed by atoms with Crippen molar-refractivity contribution in [2.45, 2.75) is 39.0 Å². The van der Waals surface area contributed by atoms with Crippen molar-refractivity contribution in [3.8, 4) is 0 Å². The molecule has 0 unspecified atom stereocenters. The summed E-state index contributed by atoms with van der Waals surface area (Å²) in [6, 6.07) is 0. The maximum atomic E-state index is 10.4. The Kier molecular flexibility index (Phi) is 4.43. The molecule has 0 spiro atoms. The van der Waals surface area contributed by atoms with Gasteiger partial charge in [0, 0.05) is 13.1 Å². The van der Waals surface area contributed by atoms with Crippen LogP contribution in [0.5, 0.6) is 0 Å². The molecule has 0 aromatic carbocycles. The fourth-order valence-electron chi connectivity index (χ4n) is 1.78. The van der Waals surface area contributed by atoms with E-state index in [-0.39, 0.29) is 4.92 Å². The molecule has 0 saturated carbocycles. The number of piperidine rings is 1. The summed E-state index contributed by atoms with van der Waals surface area (Å²) in [6.07, 6.45) is 6.55. The Morgan fingerprint density at radius 2 is 2.36 bits per heavy atom. The van der Waals surface area contributed by atoms with Crippen LogP contribution >= 0.6 is 0 Å². The maximum absolute atomic E-state index is 10.4. The summed E-state index contributed by atoms with van der Waals surface area (Å²) in [5.74, 6) is 0. The molecular weight excluding hydrogens is 180 g/mol. The summed E-state index contributed by atoms with van der Waals surface area (Å²) in [5.41, 5.74) is 0.912. The van der Waals surface area contributed by atoms with Crippen molar-refractivity contribution in [1.29, 1.82) is 0 Å². The normalized spacial score (nSPS) is 20.1. The average molecular weight is 198 g/mol. The van der Waals surface area contributed by atoms with Crippen molar-refractivity contribution >= 4 is 0 Å². The zero-order chi connectivity index (χ0) is 10.4. The molecule has 0 radical (unpaired) electrons. The molecule has 1 aliphatic rings. The van der Waals surface area contributed by atoms with Crippen molar-refractivity contribution in [1.82, 2.24) is 4.90 Å². The summed E-state index contributed by atoms with van der Waals surface area (Å²) < 4.78 is 0. The van der Waals surface area contributed by atoms with Crippen LogP contribution in [0.2, 0.25) is 0 Å². The van der Waals surface area contributed by atoms with Crippen LogP contribution in [-0.4, -0.2) is 22.9 Å². The number of likely N-dealkylation sites (tertiary alicyclic amines) is 1. The van der Waals surface area contributed by atoms with Gasteiger partial charge in [-0.15, -0.1) is 0 Å². The third kappa shape index (κ3) is 3.36. The molecule has 80 valence electrons. The molecule has 4 nitrogen and oxygen atoms in total. The van der Waals surface area contributed by atoms with Gasteiger partial charge in [-0.25, -0.2) is 0 Å². The molecule has 14 heavy (non-hydrogen) atoms. The van der Waals surface area contributed by atoms with Crippen LogP contribution in [0.3, 0.4) is 0 Å². The first-order valence-corrected chi connectivity index (χ1v) is 5.33. The van der Waals surface area contributed by atoms with Crippen LogP contribution < -0.4 is 0 Å². The molecule has 0 atom stereocenters. The van der Waals surface area contributed by atoms with E-state index in [1.807, 2.05) is 0 Å². The van der Waals surface area contributed by atoms with Gasteiger partial charge in [0.05, 0.1) is 10.6 Å². The Morgan fingerprint density at radius 1 is 1.57 bits per heavy atom. The highest BCUT2D eigenvalue weighted by Gasteiger charge is 2.16. The second-order valence-corrected chi connectivity index (χ2v) is 3.70. The number of unbranched alkanes of at least 4 members (excludes halogenated alkanes) is 1. The molecule has 1 fully saturated rings. The van der Waals surface area contributed by atoms with E-state index >= 15 is 0 Å².